The molecule has 2 aromatic rings. The Morgan fingerprint density at radius 2 is 2.11 bits per heavy atom. The summed E-state index contributed by atoms with van der Waals surface area (Å²) in [4.78, 5) is 21.9. The highest BCUT2D eigenvalue weighted by molar-refractivity contribution is 5.83. The first-order valence-electron chi connectivity index (χ1n) is 9.06. The van der Waals surface area contributed by atoms with Crippen molar-refractivity contribution in [3.05, 3.63) is 34.6 Å². The van der Waals surface area contributed by atoms with Gasteiger partial charge < -0.3 is 19.3 Å². The lowest BCUT2D eigenvalue weighted by atomic mass is 9.92. The lowest BCUT2D eigenvalue weighted by Gasteiger charge is -2.22. The molecule has 0 aliphatic carbocycles. The summed E-state index contributed by atoms with van der Waals surface area (Å²) in [6.45, 7) is 11.7. The Kier molecular flexibility index (Phi) is 5.19. The lowest BCUT2D eigenvalue weighted by Crippen LogP contribution is -2.26. The second-order valence-corrected chi connectivity index (χ2v) is 7.96. The van der Waals surface area contributed by atoms with Crippen LogP contribution in [0.4, 0.5) is 5.82 Å². The molecule has 1 atom stereocenters. The quantitative estimate of drug-likeness (QED) is 0.852. The first-order chi connectivity index (χ1) is 12.6. The van der Waals surface area contributed by atoms with E-state index in [1.54, 1.807) is 0 Å². The molecule has 0 spiro atoms. The molecule has 3 rings (SSSR count). The van der Waals surface area contributed by atoms with E-state index in [2.05, 4.69) is 20.0 Å². The molecule has 27 heavy (non-hydrogen) atoms. The molecule has 2 aromatic heterocycles. The Balaban J connectivity index is 1.72. The number of ether oxygens (including phenoxy) is 1. The van der Waals surface area contributed by atoms with Crippen LogP contribution >= 0.6 is 0 Å². The monoisotopic (exact) mass is 374 g/mol. The molecule has 0 bridgehead atoms. The van der Waals surface area contributed by atoms with E-state index >= 15 is 0 Å². The van der Waals surface area contributed by atoms with Gasteiger partial charge in [-0.2, -0.15) is 0 Å². The van der Waals surface area contributed by atoms with E-state index in [1.165, 1.54) is 0 Å². The van der Waals surface area contributed by atoms with Crippen LogP contribution in [0.25, 0.3) is 0 Å². The van der Waals surface area contributed by atoms with Gasteiger partial charge in [0.05, 0.1) is 24.1 Å². The molecule has 1 unspecified atom stereocenters. The number of carboxylic acids is 1. The summed E-state index contributed by atoms with van der Waals surface area (Å²) in [5.41, 5.74) is 2.28. The van der Waals surface area contributed by atoms with Crippen molar-refractivity contribution in [1.29, 1.82) is 0 Å². The van der Waals surface area contributed by atoms with Crippen LogP contribution in [0.3, 0.4) is 0 Å². The first-order valence-corrected chi connectivity index (χ1v) is 9.06. The van der Waals surface area contributed by atoms with Crippen molar-refractivity contribution >= 4 is 11.8 Å². The minimum absolute atomic E-state index is 0.0417. The SMILES string of the molecule is Cc1noc(C)c1COC1CCN(c2cc(C(C)(C)C)nc(C(=O)O)n2)C1. The van der Waals surface area contributed by atoms with Gasteiger partial charge >= 0.3 is 5.97 Å². The van der Waals surface area contributed by atoms with Crippen molar-refractivity contribution < 1.29 is 19.2 Å². The number of anilines is 1. The molecule has 8 nitrogen and oxygen atoms in total. The molecular weight excluding hydrogens is 348 g/mol. The Labute approximate surface area is 158 Å². The lowest BCUT2D eigenvalue weighted by molar-refractivity contribution is 0.0544. The van der Waals surface area contributed by atoms with Crippen molar-refractivity contribution in [2.75, 3.05) is 18.0 Å². The summed E-state index contributed by atoms with van der Waals surface area (Å²) in [7, 11) is 0. The van der Waals surface area contributed by atoms with Crippen molar-refractivity contribution in [2.24, 2.45) is 0 Å². The van der Waals surface area contributed by atoms with Gasteiger partial charge in [-0.15, -0.1) is 0 Å². The molecule has 1 aliphatic rings. The second kappa shape index (κ2) is 7.26. The number of rotatable bonds is 5. The Bertz CT molecular complexity index is 821. The third-order valence-electron chi connectivity index (χ3n) is 4.79. The summed E-state index contributed by atoms with van der Waals surface area (Å²) in [5, 5.41) is 13.3. The summed E-state index contributed by atoms with van der Waals surface area (Å²) < 4.78 is 11.2. The average Bonchev–Trinajstić information content (AvgIpc) is 3.19. The Hall–Kier alpha value is -2.48. The number of carboxylic acid groups (broad SMARTS) is 1. The average molecular weight is 374 g/mol. The summed E-state index contributed by atoms with van der Waals surface area (Å²) in [6, 6.07) is 1.88. The number of nitrogens with zero attached hydrogens (tertiary/aromatic N) is 4. The standard InChI is InChI=1S/C19H26N4O4/c1-11-14(12(2)27-22-11)10-26-13-6-7-23(9-13)16-8-15(19(3,4)5)20-17(21-16)18(24)25/h8,13H,6-7,9-10H2,1-5H3,(H,24,25). The summed E-state index contributed by atoms with van der Waals surface area (Å²) in [6.07, 6.45) is 0.890. The highest BCUT2D eigenvalue weighted by Gasteiger charge is 2.28. The van der Waals surface area contributed by atoms with Crippen LogP contribution in [-0.2, 0) is 16.8 Å². The van der Waals surface area contributed by atoms with Crippen LogP contribution in [0, 0.1) is 13.8 Å². The molecule has 1 N–H and O–H groups in total. The smallest absolute Gasteiger partial charge is 0.374 e. The van der Waals surface area contributed by atoms with Gasteiger partial charge in [0, 0.05) is 30.1 Å². The second-order valence-electron chi connectivity index (χ2n) is 7.96. The normalized spacial score (nSPS) is 17.5. The van der Waals surface area contributed by atoms with E-state index in [-0.39, 0.29) is 17.3 Å². The Morgan fingerprint density at radius 3 is 2.70 bits per heavy atom. The fourth-order valence-electron chi connectivity index (χ4n) is 3.06. The van der Waals surface area contributed by atoms with Gasteiger partial charge in [-0.3, -0.25) is 0 Å². The molecule has 1 saturated heterocycles. The topological polar surface area (TPSA) is 102 Å². The number of hydrogen-bond donors (Lipinski definition) is 1. The van der Waals surface area contributed by atoms with Gasteiger partial charge in [-0.25, -0.2) is 14.8 Å². The molecule has 1 aliphatic heterocycles. The molecule has 1 fully saturated rings. The molecule has 0 saturated carbocycles. The zero-order chi connectivity index (χ0) is 19.8. The van der Waals surface area contributed by atoms with E-state index in [0.29, 0.717) is 24.7 Å². The van der Waals surface area contributed by atoms with Crippen LogP contribution in [-0.4, -0.2) is 45.4 Å². The summed E-state index contributed by atoms with van der Waals surface area (Å²) in [5.74, 6) is 0.125. The Morgan fingerprint density at radius 1 is 1.37 bits per heavy atom. The van der Waals surface area contributed by atoms with Crippen molar-refractivity contribution in [2.45, 2.75) is 59.2 Å². The van der Waals surface area contributed by atoms with Gasteiger partial charge in [0.1, 0.15) is 11.6 Å². The van der Waals surface area contributed by atoms with E-state index in [1.807, 2.05) is 40.7 Å². The number of carbonyl (C=O) groups is 1. The van der Waals surface area contributed by atoms with Gasteiger partial charge in [0.25, 0.3) is 0 Å². The molecule has 8 heteroatoms. The van der Waals surface area contributed by atoms with E-state index in [4.69, 9.17) is 9.26 Å². The van der Waals surface area contributed by atoms with Crippen LogP contribution < -0.4 is 4.90 Å². The molecule has 3 heterocycles. The van der Waals surface area contributed by atoms with E-state index in [9.17, 15) is 9.90 Å². The van der Waals surface area contributed by atoms with Crippen LogP contribution in [0.2, 0.25) is 0 Å². The third kappa shape index (κ3) is 4.27. The number of hydrogen-bond acceptors (Lipinski definition) is 7. The van der Waals surface area contributed by atoms with E-state index < -0.39 is 5.97 Å². The zero-order valence-corrected chi connectivity index (χ0v) is 16.4. The maximum absolute atomic E-state index is 11.4. The van der Waals surface area contributed by atoms with Gasteiger partial charge in [0.2, 0.25) is 5.82 Å². The molecule has 0 aromatic carbocycles. The van der Waals surface area contributed by atoms with E-state index in [0.717, 1.165) is 30.0 Å². The molecule has 146 valence electrons. The minimum Gasteiger partial charge on any atom is -0.475 e. The molecule has 0 amide bonds. The fourth-order valence-corrected chi connectivity index (χ4v) is 3.06. The number of aromatic nitrogens is 3. The van der Waals surface area contributed by atoms with Crippen LogP contribution in [0.1, 0.15) is 60.5 Å². The molecule has 0 radical (unpaired) electrons. The maximum Gasteiger partial charge on any atom is 0.374 e. The number of aromatic carboxylic acids is 1. The minimum atomic E-state index is -1.12. The predicted octanol–water partition coefficient (Wildman–Crippen LogP) is 2.87. The van der Waals surface area contributed by atoms with Gasteiger partial charge in [-0.1, -0.05) is 25.9 Å². The van der Waals surface area contributed by atoms with Crippen LogP contribution in [0.15, 0.2) is 10.6 Å². The molecular formula is C19H26N4O4. The van der Waals surface area contributed by atoms with Gasteiger partial charge in [0.15, 0.2) is 0 Å². The largest absolute Gasteiger partial charge is 0.475 e. The predicted molar refractivity (Wildman–Crippen MR) is 99.1 cm³/mol. The van der Waals surface area contributed by atoms with Crippen molar-refractivity contribution in [1.82, 2.24) is 15.1 Å². The maximum atomic E-state index is 11.4. The first kappa shape index (κ1) is 19.3. The fraction of sp³-hybridized carbons (Fsp3) is 0.579. The highest BCUT2D eigenvalue weighted by atomic mass is 16.5. The van der Waals surface area contributed by atoms with Crippen molar-refractivity contribution in [3.63, 3.8) is 0 Å². The van der Waals surface area contributed by atoms with Crippen molar-refractivity contribution in [3.8, 4) is 0 Å². The number of aryl methyl sites for hydroxylation is 2. The highest BCUT2D eigenvalue weighted by Crippen LogP contribution is 2.27. The third-order valence-corrected chi connectivity index (χ3v) is 4.79. The van der Waals surface area contributed by atoms with Gasteiger partial charge in [-0.05, 0) is 20.3 Å². The summed E-state index contributed by atoms with van der Waals surface area (Å²) >= 11 is 0. The zero-order valence-electron chi connectivity index (χ0n) is 16.4. The van der Waals surface area contributed by atoms with Crippen LogP contribution in [0.5, 0.6) is 0 Å².